The second-order valence-electron chi connectivity index (χ2n) is 6.31. The van der Waals surface area contributed by atoms with Gasteiger partial charge in [-0.05, 0) is 18.4 Å². The highest BCUT2D eigenvalue weighted by atomic mass is 16.5. The first-order chi connectivity index (χ1) is 11.1. The van der Waals surface area contributed by atoms with Crippen LogP contribution in [0.3, 0.4) is 0 Å². The normalized spacial score (nSPS) is 16.3. The molecule has 1 N–H and O–H groups in total. The summed E-state index contributed by atoms with van der Waals surface area (Å²) >= 11 is 0. The molecule has 0 saturated carbocycles. The van der Waals surface area contributed by atoms with E-state index in [1.165, 1.54) is 0 Å². The predicted molar refractivity (Wildman–Crippen MR) is 88.6 cm³/mol. The molecule has 3 rings (SSSR count). The van der Waals surface area contributed by atoms with E-state index in [9.17, 15) is 4.79 Å². The third-order valence-corrected chi connectivity index (χ3v) is 4.07. The lowest BCUT2D eigenvalue weighted by molar-refractivity contribution is 0.0929. The first-order valence-electron chi connectivity index (χ1n) is 8.17. The Balaban J connectivity index is 1.78. The van der Waals surface area contributed by atoms with Gasteiger partial charge in [0.25, 0.3) is 5.91 Å². The minimum Gasteiger partial charge on any atom is -0.491 e. The van der Waals surface area contributed by atoms with Gasteiger partial charge in [-0.15, -0.1) is 0 Å². The maximum Gasteiger partial charge on any atom is 0.255 e. The summed E-state index contributed by atoms with van der Waals surface area (Å²) in [5.41, 5.74) is 2.69. The number of amides is 1. The average molecular weight is 313 g/mol. The molecule has 0 bridgehead atoms. The Morgan fingerprint density at radius 3 is 2.96 bits per heavy atom. The maximum absolute atomic E-state index is 12.7. The number of para-hydroxylation sites is 1. The number of nitrogens with zero attached hydrogens (tertiary/aromatic N) is 2. The zero-order chi connectivity index (χ0) is 16.4. The predicted octanol–water partition coefficient (Wildman–Crippen LogP) is 2.97. The molecule has 0 fully saturated rings. The Hall–Kier alpha value is -2.30. The first kappa shape index (κ1) is 15.6. The van der Waals surface area contributed by atoms with E-state index in [1.807, 2.05) is 28.9 Å². The van der Waals surface area contributed by atoms with Crippen molar-refractivity contribution in [3.05, 3.63) is 47.3 Å². The number of carbonyl (C=O) groups is 1. The van der Waals surface area contributed by atoms with Crippen molar-refractivity contribution in [2.45, 2.75) is 39.8 Å². The molecule has 0 spiro atoms. The van der Waals surface area contributed by atoms with Crippen LogP contribution >= 0.6 is 0 Å². The quantitative estimate of drug-likeness (QED) is 0.923. The minimum atomic E-state index is -0.100. The van der Waals surface area contributed by atoms with Crippen LogP contribution in [0.4, 0.5) is 0 Å². The fourth-order valence-corrected chi connectivity index (χ4v) is 2.99. The van der Waals surface area contributed by atoms with E-state index >= 15 is 0 Å². The SMILES string of the molecule is CCc1c(C(=O)NC2COc3ccccc32)cnn1CC(C)C. The molecule has 0 radical (unpaired) electrons. The van der Waals surface area contributed by atoms with Crippen molar-refractivity contribution in [1.29, 1.82) is 0 Å². The highest BCUT2D eigenvalue weighted by Crippen LogP contribution is 2.31. The summed E-state index contributed by atoms with van der Waals surface area (Å²) in [7, 11) is 0. The Kier molecular flexibility index (Phi) is 4.37. The van der Waals surface area contributed by atoms with Gasteiger partial charge in [0.15, 0.2) is 0 Å². The molecule has 1 aliphatic rings. The smallest absolute Gasteiger partial charge is 0.255 e. The van der Waals surface area contributed by atoms with Crippen molar-refractivity contribution in [3.8, 4) is 5.75 Å². The lowest BCUT2D eigenvalue weighted by Gasteiger charge is -2.13. The summed E-state index contributed by atoms with van der Waals surface area (Å²) in [4.78, 5) is 12.7. The first-order valence-corrected chi connectivity index (χ1v) is 8.17. The topological polar surface area (TPSA) is 56.1 Å². The van der Waals surface area contributed by atoms with Crippen molar-refractivity contribution < 1.29 is 9.53 Å². The molecule has 1 atom stereocenters. The zero-order valence-corrected chi connectivity index (χ0v) is 13.9. The second-order valence-corrected chi connectivity index (χ2v) is 6.31. The highest BCUT2D eigenvalue weighted by molar-refractivity contribution is 5.95. The van der Waals surface area contributed by atoms with E-state index in [0.717, 1.165) is 30.0 Å². The van der Waals surface area contributed by atoms with Gasteiger partial charge < -0.3 is 10.1 Å². The summed E-state index contributed by atoms with van der Waals surface area (Å²) in [6, 6.07) is 7.73. The van der Waals surface area contributed by atoms with Crippen LogP contribution in [0.5, 0.6) is 5.75 Å². The number of fused-ring (bicyclic) bond motifs is 1. The van der Waals surface area contributed by atoms with Crippen molar-refractivity contribution in [3.63, 3.8) is 0 Å². The molecule has 1 unspecified atom stereocenters. The van der Waals surface area contributed by atoms with Crippen molar-refractivity contribution in [2.75, 3.05) is 6.61 Å². The van der Waals surface area contributed by atoms with Gasteiger partial charge in [0.05, 0.1) is 23.5 Å². The monoisotopic (exact) mass is 313 g/mol. The minimum absolute atomic E-state index is 0.0813. The molecule has 5 heteroatoms. The van der Waals surface area contributed by atoms with Crippen LogP contribution in [-0.2, 0) is 13.0 Å². The van der Waals surface area contributed by atoms with E-state index in [2.05, 4.69) is 31.2 Å². The van der Waals surface area contributed by atoms with Gasteiger partial charge in [0.2, 0.25) is 0 Å². The third kappa shape index (κ3) is 3.09. The maximum atomic E-state index is 12.7. The third-order valence-electron chi connectivity index (χ3n) is 4.07. The van der Waals surface area contributed by atoms with Crippen LogP contribution in [0.1, 0.15) is 48.4 Å². The van der Waals surface area contributed by atoms with E-state index in [0.29, 0.717) is 18.1 Å². The molecule has 23 heavy (non-hydrogen) atoms. The molecule has 5 nitrogen and oxygen atoms in total. The Labute approximate surface area is 136 Å². The van der Waals surface area contributed by atoms with E-state index in [1.54, 1.807) is 6.20 Å². The Morgan fingerprint density at radius 2 is 2.22 bits per heavy atom. The van der Waals surface area contributed by atoms with Crippen molar-refractivity contribution in [1.82, 2.24) is 15.1 Å². The molecular weight excluding hydrogens is 290 g/mol. The number of benzene rings is 1. The van der Waals surface area contributed by atoms with E-state index < -0.39 is 0 Å². The van der Waals surface area contributed by atoms with Gasteiger partial charge in [0.1, 0.15) is 12.4 Å². The standard InChI is InChI=1S/C18H23N3O2/c1-4-16-14(9-19-21(16)10-12(2)3)18(22)20-15-11-23-17-8-6-5-7-13(15)17/h5-9,12,15H,4,10-11H2,1-3H3,(H,20,22). The number of carbonyl (C=O) groups excluding carboxylic acids is 1. The lowest BCUT2D eigenvalue weighted by atomic mass is 10.1. The molecular formula is C18H23N3O2. The number of hydrogen-bond acceptors (Lipinski definition) is 3. The number of ether oxygens (including phenoxy) is 1. The van der Waals surface area contributed by atoms with Crippen molar-refractivity contribution >= 4 is 5.91 Å². The van der Waals surface area contributed by atoms with Crippen LogP contribution in [0.2, 0.25) is 0 Å². The molecule has 0 saturated heterocycles. The van der Waals surface area contributed by atoms with Crippen molar-refractivity contribution in [2.24, 2.45) is 5.92 Å². The fraction of sp³-hybridized carbons (Fsp3) is 0.444. The Bertz CT molecular complexity index is 706. The summed E-state index contributed by atoms with van der Waals surface area (Å²) in [5, 5.41) is 7.47. The molecule has 0 aliphatic carbocycles. The zero-order valence-electron chi connectivity index (χ0n) is 13.9. The Morgan fingerprint density at radius 1 is 1.43 bits per heavy atom. The second kappa shape index (κ2) is 6.44. The molecule has 1 aromatic heterocycles. The molecule has 2 heterocycles. The summed E-state index contributed by atoms with van der Waals surface area (Å²) < 4.78 is 7.57. The highest BCUT2D eigenvalue weighted by Gasteiger charge is 2.27. The number of rotatable bonds is 5. The number of aromatic nitrogens is 2. The lowest BCUT2D eigenvalue weighted by Crippen LogP contribution is -2.30. The van der Waals surface area contributed by atoms with Crippen LogP contribution in [-0.4, -0.2) is 22.3 Å². The van der Waals surface area contributed by atoms with Crippen LogP contribution in [0, 0.1) is 5.92 Å². The van der Waals surface area contributed by atoms with Crippen LogP contribution in [0.25, 0.3) is 0 Å². The number of nitrogens with one attached hydrogen (secondary N) is 1. The fourth-order valence-electron chi connectivity index (χ4n) is 2.99. The largest absolute Gasteiger partial charge is 0.491 e. The summed E-state index contributed by atoms with van der Waals surface area (Å²) in [6.07, 6.45) is 2.46. The van der Waals surface area contributed by atoms with Gasteiger partial charge in [-0.1, -0.05) is 39.0 Å². The molecule has 1 aliphatic heterocycles. The van der Waals surface area contributed by atoms with Gasteiger partial charge in [0, 0.05) is 12.1 Å². The molecule has 122 valence electrons. The van der Waals surface area contributed by atoms with Gasteiger partial charge in [-0.2, -0.15) is 5.10 Å². The van der Waals surface area contributed by atoms with E-state index in [-0.39, 0.29) is 11.9 Å². The van der Waals surface area contributed by atoms with Crippen LogP contribution < -0.4 is 10.1 Å². The van der Waals surface area contributed by atoms with E-state index in [4.69, 9.17) is 4.74 Å². The van der Waals surface area contributed by atoms with Crippen LogP contribution in [0.15, 0.2) is 30.5 Å². The number of hydrogen-bond donors (Lipinski definition) is 1. The summed E-state index contributed by atoms with van der Waals surface area (Å²) in [6.45, 7) is 7.65. The average Bonchev–Trinajstić information content (AvgIpc) is 3.11. The molecule has 1 aromatic carbocycles. The van der Waals surface area contributed by atoms with Gasteiger partial charge in [-0.25, -0.2) is 0 Å². The van der Waals surface area contributed by atoms with Gasteiger partial charge in [-0.3, -0.25) is 9.48 Å². The summed E-state index contributed by atoms with van der Waals surface area (Å²) in [5.74, 6) is 1.26. The molecule has 1 amide bonds. The molecule has 2 aromatic rings. The van der Waals surface area contributed by atoms with Gasteiger partial charge >= 0.3 is 0 Å².